The van der Waals surface area contributed by atoms with E-state index in [1.807, 2.05) is 13.0 Å². The molecule has 0 aliphatic heterocycles. The third kappa shape index (κ3) is 4.59. The van der Waals surface area contributed by atoms with E-state index in [0.29, 0.717) is 23.4 Å². The van der Waals surface area contributed by atoms with E-state index in [4.69, 9.17) is 4.42 Å². The minimum atomic E-state index is -0.350. The Labute approximate surface area is 183 Å². The standard InChI is InChI=1S/C24H21FN4O3/c1-2-21-20(15-27-29(21)19-10-8-17(25)9-11-19)23(30)26-14-16-5-3-6-18(13-16)28-24(31)22-7-4-12-32-22/h3-13,15H,2,14H2,1H3,(H,26,30)(H,28,31). The Morgan fingerprint density at radius 2 is 1.88 bits per heavy atom. The molecule has 2 amide bonds. The molecule has 2 N–H and O–H groups in total. The van der Waals surface area contributed by atoms with Gasteiger partial charge < -0.3 is 15.1 Å². The molecule has 4 rings (SSSR count). The third-order valence-corrected chi connectivity index (χ3v) is 4.90. The highest BCUT2D eigenvalue weighted by Crippen LogP contribution is 2.17. The Morgan fingerprint density at radius 3 is 2.59 bits per heavy atom. The van der Waals surface area contributed by atoms with E-state index >= 15 is 0 Å². The molecule has 0 aliphatic carbocycles. The molecular weight excluding hydrogens is 411 g/mol. The molecule has 0 bridgehead atoms. The van der Waals surface area contributed by atoms with Crippen LogP contribution in [-0.2, 0) is 13.0 Å². The molecule has 2 aromatic carbocycles. The van der Waals surface area contributed by atoms with Gasteiger partial charge in [0.25, 0.3) is 11.8 Å². The van der Waals surface area contributed by atoms with Crippen molar-refractivity contribution in [3.63, 3.8) is 0 Å². The molecule has 0 fully saturated rings. The number of nitrogens with one attached hydrogen (secondary N) is 2. The van der Waals surface area contributed by atoms with Crippen LogP contribution in [0.5, 0.6) is 0 Å². The van der Waals surface area contributed by atoms with Crippen molar-refractivity contribution in [3.8, 4) is 5.69 Å². The number of furan rings is 1. The van der Waals surface area contributed by atoms with Crippen LogP contribution in [0.4, 0.5) is 10.1 Å². The van der Waals surface area contributed by atoms with E-state index in [-0.39, 0.29) is 29.9 Å². The third-order valence-electron chi connectivity index (χ3n) is 4.90. The van der Waals surface area contributed by atoms with Gasteiger partial charge in [-0.2, -0.15) is 5.10 Å². The van der Waals surface area contributed by atoms with Gasteiger partial charge in [-0.15, -0.1) is 0 Å². The fraction of sp³-hybridized carbons (Fsp3) is 0.125. The molecule has 0 atom stereocenters. The van der Waals surface area contributed by atoms with Gasteiger partial charge in [0.1, 0.15) is 5.82 Å². The van der Waals surface area contributed by atoms with Crippen LogP contribution in [0, 0.1) is 5.82 Å². The van der Waals surface area contributed by atoms with Gasteiger partial charge in [0, 0.05) is 12.2 Å². The molecule has 0 spiro atoms. The molecule has 2 aromatic heterocycles. The minimum Gasteiger partial charge on any atom is -0.459 e. The Morgan fingerprint density at radius 1 is 1.06 bits per heavy atom. The topological polar surface area (TPSA) is 89.2 Å². The van der Waals surface area contributed by atoms with Crippen LogP contribution in [0.3, 0.4) is 0 Å². The summed E-state index contributed by atoms with van der Waals surface area (Å²) in [5, 5.41) is 9.96. The number of nitrogens with zero attached hydrogens (tertiary/aromatic N) is 2. The first-order chi connectivity index (χ1) is 15.5. The zero-order valence-corrected chi connectivity index (χ0v) is 17.3. The van der Waals surface area contributed by atoms with Crippen molar-refractivity contribution < 1.29 is 18.4 Å². The van der Waals surface area contributed by atoms with E-state index in [2.05, 4.69) is 15.7 Å². The Kier molecular flexibility index (Phi) is 6.12. The molecule has 32 heavy (non-hydrogen) atoms. The Hall–Kier alpha value is -4.20. The zero-order valence-electron chi connectivity index (χ0n) is 17.3. The number of rotatable bonds is 7. The molecule has 7 nitrogen and oxygen atoms in total. The lowest BCUT2D eigenvalue weighted by Crippen LogP contribution is -2.24. The summed E-state index contributed by atoms with van der Waals surface area (Å²) in [6.07, 6.45) is 3.52. The van der Waals surface area contributed by atoms with Crippen molar-refractivity contribution >= 4 is 17.5 Å². The molecule has 0 saturated heterocycles. The van der Waals surface area contributed by atoms with Crippen LogP contribution in [0.15, 0.2) is 77.5 Å². The number of halogens is 1. The number of hydrogen-bond donors (Lipinski definition) is 2. The van der Waals surface area contributed by atoms with E-state index < -0.39 is 0 Å². The molecule has 0 aliphatic rings. The molecule has 0 unspecified atom stereocenters. The maximum atomic E-state index is 13.2. The lowest BCUT2D eigenvalue weighted by Gasteiger charge is -2.10. The number of carbonyl (C=O) groups is 2. The molecule has 4 aromatic rings. The van der Waals surface area contributed by atoms with Crippen LogP contribution in [0.25, 0.3) is 5.69 Å². The predicted molar refractivity (Wildman–Crippen MR) is 117 cm³/mol. The van der Waals surface area contributed by atoms with Crippen LogP contribution < -0.4 is 10.6 Å². The van der Waals surface area contributed by atoms with Gasteiger partial charge in [-0.3, -0.25) is 9.59 Å². The summed E-state index contributed by atoms with van der Waals surface area (Å²) in [6, 6.07) is 16.4. The second-order valence-electron chi connectivity index (χ2n) is 7.06. The number of anilines is 1. The molecule has 0 radical (unpaired) electrons. The number of amides is 2. The first-order valence-corrected chi connectivity index (χ1v) is 10.1. The van der Waals surface area contributed by atoms with Gasteiger partial charge in [0.15, 0.2) is 5.76 Å². The normalized spacial score (nSPS) is 10.7. The number of benzene rings is 2. The van der Waals surface area contributed by atoms with Crippen molar-refractivity contribution in [1.82, 2.24) is 15.1 Å². The molecule has 2 heterocycles. The number of aromatic nitrogens is 2. The summed E-state index contributed by atoms with van der Waals surface area (Å²) in [7, 11) is 0. The first kappa shape index (κ1) is 21.0. The van der Waals surface area contributed by atoms with E-state index in [1.54, 1.807) is 47.1 Å². The summed E-state index contributed by atoms with van der Waals surface area (Å²) >= 11 is 0. The van der Waals surface area contributed by atoms with Gasteiger partial charge in [0.2, 0.25) is 0 Å². The second-order valence-corrected chi connectivity index (χ2v) is 7.06. The van der Waals surface area contributed by atoms with Crippen molar-refractivity contribution in [1.29, 1.82) is 0 Å². The zero-order chi connectivity index (χ0) is 22.5. The lowest BCUT2D eigenvalue weighted by atomic mass is 10.1. The molecule has 0 saturated carbocycles. The second kappa shape index (κ2) is 9.30. The molecular formula is C24H21FN4O3. The monoisotopic (exact) mass is 432 g/mol. The van der Waals surface area contributed by atoms with Crippen molar-refractivity contribution in [2.45, 2.75) is 19.9 Å². The van der Waals surface area contributed by atoms with Gasteiger partial charge in [-0.1, -0.05) is 19.1 Å². The summed E-state index contributed by atoms with van der Waals surface area (Å²) in [5.41, 5.74) is 3.28. The van der Waals surface area contributed by atoms with Crippen LogP contribution in [0.1, 0.15) is 39.1 Å². The maximum absolute atomic E-state index is 13.2. The van der Waals surface area contributed by atoms with Crippen molar-refractivity contribution in [2.24, 2.45) is 0 Å². The molecule has 8 heteroatoms. The smallest absolute Gasteiger partial charge is 0.291 e. The van der Waals surface area contributed by atoms with Gasteiger partial charge >= 0.3 is 0 Å². The fourth-order valence-corrected chi connectivity index (χ4v) is 3.35. The average molecular weight is 432 g/mol. The van der Waals surface area contributed by atoms with Crippen molar-refractivity contribution in [3.05, 3.63) is 102 Å². The lowest BCUT2D eigenvalue weighted by molar-refractivity contribution is 0.0948. The maximum Gasteiger partial charge on any atom is 0.291 e. The Balaban J connectivity index is 1.44. The van der Waals surface area contributed by atoms with Crippen molar-refractivity contribution in [2.75, 3.05) is 5.32 Å². The van der Waals surface area contributed by atoms with Gasteiger partial charge in [0.05, 0.1) is 29.4 Å². The summed E-state index contributed by atoms with van der Waals surface area (Å²) in [5.74, 6) is -0.731. The number of carbonyl (C=O) groups excluding carboxylic acids is 2. The van der Waals surface area contributed by atoms with Crippen LogP contribution >= 0.6 is 0 Å². The highest BCUT2D eigenvalue weighted by Gasteiger charge is 2.17. The summed E-state index contributed by atoms with van der Waals surface area (Å²) in [6.45, 7) is 2.20. The van der Waals surface area contributed by atoms with E-state index in [0.717, 1.165) is 11.3 Å². The van der Waals surface area contributed by atoms with Crippen LogP contribution in [0.2, 0.25) is 0 Å². The minimum absolute atomic E-state index is 0.217. The molecule has 162 valence electrons. The van der Waals surface area contributed by atoms with Crippen LogP contribution in [-0.4, -0.2) is 21.6 Å². The average Bonchev–Trinajstić information content (AvgIpc) is 3.48. The van der Waals surface area contributed by atoms with E-state index in [9.17, 15) is 14.0 Å². The quantitative estimate of drug-likeness (QED) is 0.454. The number of hydrogen-bond acceptors (Lipinski definition) is 4. The SMILES string of the molecule is CCc1c(C(=O)NCc2cccc(NC(=O)c3ccco3)c2)cnn1-c1ccc(F)cc1. The van der Waals surface area contributed by atoms with Gasteiger partial charge in [-0.25, -0.2) is 9.07 Å². The van der Waals surface area contributed by atoms with E-state index in [1.165, 1.54) is 24.6 Å². The predicted octanol–water partition coefficient (Wildman–Crippen LogP) is 4.35. The highest BCUT2D eigenvalue weighted by atomic mass is 19.1. The van der Waals surface area contributed by atoms with Gasteiger partial charge in [-0.05, 0) is 60.5 Å². The fourth-order valence-electron chi connectivity index (χ4n) is 3.35. The largest absolute Gasteiger partial charge is 0.459 e. The summed E-state index contributed by atoms with van der Waals surface area (Å²) < 4.78 is 20.0. The first-order valence-electron chi connectivity index (χ1n) is 10.1. The summed E-state index contributed by atoms with van der Waals surface area (Å²) in [4.78, 5) is 24.9. The Bertz CT molecular complexity index is 1230. The highest BCUT2D eigenvalue weighted by molar-refractivity contribution is 6.02.